The molecule has 0 bridgehead atoms. The number of carbonyl (C=O) groups excluding carboxylic acids is 2. The molecule has 0 saturated carbocycles. The quantitative estimate of drug-likeness (QED) is 0.127. The molecule has 8 aromatic carbocycles. The summed E-state index contributed by atoms with van der Waals surface area (Å²) in [6.45, 7) is 8.79. The number of aromatic nitrogens is 2. The monoisotopic (exact) mass is 970 g/mol. The number of ether oxygens (including phenoxy) is 2. The summed E-state index contributed by atoms with van der Waals surface area (Å²) in [5.74, 6) is 13.2. The standard InChI is InChI=1S/C69H50N2O4/c1-5-7-37-74-55-31-19-45-39-53(21-17-47(45)41-55)68(61-15-11-9-13-57(61)65(72)59-43-70-35-33-63(59)68)51-27-23-49(24-28-51)67(3,4)50-25-29-52(30-26-50)69(54-22-18-48-42-56(75-38-8-6-2)32-20-46(48)40-54)62-16-12-10-14-58(62)66(73)60-44-71-36-34-64(60)69/h9-36,39-44H,37-38H2,1-4H3. The van der Waals surface area contributed by atoms with E-state index in [1.54, 1.807) is 38.6 Å². The third-order valence-corrected chi connectivity index (χ3v) is 15.6. The van der Waals surface area contributed by atoms with E-state index in [2.05, 4.69) is 169 Å². The number of ketones is 2. The normalized spacial score (nSPS) is 16.3. The molecule has 2 atom stereocenters. The van der Waals surface area contributed by atoms with Gasteiger partial charge in [-0.05, 0) is 140 Å². The average molecular weight is 971 g/mol. The summed E-state index contributed by atoms with van der Waals surface area (Å²) >= 11 is 0. The molecule has 0 saturated heterocycles. The van der Waals surface area contributed by atoms with Gasteiger partial charge in [-0.3, -0.25) is 19.6 Å². The lowest BCUT2D eigenvalue weighted by molar-refractivity contribution is 0.102. The highest BCUT2D eigenvalue weighted by atomic mass is 16.5. The second-order valence-corrected chi connectivity index (χ2v) is 19.8. The third kappa shape index (κ3) is 7.44. The van der Waals surface area contributed by atoms with E-state index >= 15 is 0 Å². The lowest BCUT2D eigenvalue weighted by Crippen LogP contribution is -2.38. The van der Waals surface area contributed by atoms with E-state index in [1.165, 1.54) is 0 Å². The molecule has 2 aromatic heterocycles. The SMILES string of the molecule is CC#CCOc1ccc2cc(C3(c4ccc(C(C)(C)c5ccc(C6(c7ccc8cc(OCC#CC)ccc8c7)c7ccccc7C(=O)c7cnccc76)cc5)cc4)c4ccccc4C(=O)c4cnccc43)ccc2c1. The molecule has 6 nitrogen and oxygen atoms in total. The van der Waals surface area contributed by atoms with Crippen molar-refractivity contribution in [1.29, 1.82) is 0 Å². The molecule has 0 spiro atoms. The lowest BCUT2D eigenvalue weighted by atomic mass is 9.59. The topological polar surface area (TPSA) is 78.4 Å². The third-order valence-electron chi connectivity index (χ3n) is 15.6. The van der Waals surface area contributed by atoms with Crippen LogP contribution in [0, 0.1) is 23.7 Å². The number of nitrogens with zero attached hydrogens (tertiary/aromatic N) is 2. The molecule has 6 heteroatoms. The van der Waals surface area contributed by atoms with Gasteiger partial charge in [0.15, 0.2) is 11.6 Å². The van der Waals surface area contributed by atoms with E-state index in [0.717, 1.165) is 88.7 Å². The Morgan fingerprint density at radius 3 is 1.23 bits per heavy atom. The van der Waals surface area contributed by atoms with Crippen molar-refractivity contribution in [3.05, 3.63) is 285 Å². The summed E-state index contributed by atoms with van der Waals surface area (Å²) in [7, 11) is 0. The van der Waals surface area contributed by atoms with Gasteiger partial charge in [0, 0.05) is 52.5 Å². The number of fused-ring (bicyclic) bond motifs is 6. The van der Waals surface area contributed by atoms with Crippen LogP contribution in [0.2, 0.25) is 0 Å². The van der Waals surface area contributed by atoms with E-state index in [1.807, 2.05) is 60.7 Å². The summed E-state index contributed by atoms with van der Waals surface area (Å²) in [6, 6.07) is 63.4. The summed E-state index contributed by atoms with van der Waals surface area (Å²) < 4.78 is 11.9. The van der Waals surface area contributed by atoms with Crippen LogP contribution in [-0.4, -0.2) is 34.7 Å². The van der Waals surface area contributed by atoms with Crippen molar-refractivity contribution in [2.75, 3.05) is 13.2 Å². The first kappa shape index (κ1) is 46.7. The van der Waals surface area contributed by atoms with Gasteiger partial charge in [-0.2, -0.15) is 0 Å². The molecule has 2 aliphatic carbocycles. The highest BCUT2D eigenvalue weighted by molar-refractivity contribution is 6.15. The zero-order valence-electron chi connectivity index (χ0n) is 42.1. The van der Waals surface area contributed by atoms with Crippen molar-refractivity contribution in [2.24, 2.45) is 0 Å². The Balaban J connectivity index is 0.972. The lowest BCUT2D eigenvalue weighted by Gasteiger charge is -2.42. The maximum atomic E-state index is 14.3. The van der Waals surface area contributed by atoms with Crippen LogP contribution in [0.4, 0.5) is 0 Å². The van der Waals surface area contributed by atoms with Gasteiger partial charge in [-0.15, -0.1) is 11.8 Å². The Bertz CT molecular complexity index is 3710. The Hall–Kier alpha value is -9.36. The van der Waals surface area contributed by atoms with Crippen molar-refractivity contribution in [2.45, 2.75) is 43.9 Å². The van der Waals surface area contributed by atoms with Gasteiger partial charge < -0.3 is 9.47 Å². The zero-order chi connectivity index (χ0) is 51.3. The molecule has 0 radical (unpaired) electrons. The summed E-state index contributed by atoms with van der Waals surface area (Å²) in [5, 5.41) is 4.18. The van der Waals surface area contributed by atoms with Gasteiger partial charge >= 0.3 is 0 Å². The molecule has 12 rings (SSSR count). The number of carbonyl (C=O) groups is 2. The van der Waals surface area contributed by atoms with E-state index in [0.29, 0.717) is 35.5 Å². The summed E-state index contributed by atoms with van der Waals surface area (Å²) in [5.41, 5.74) is 10.4. The van der Waals surface area contributed by atoms with Gasteiger partial charge in [-0.25, -0.2) is 0 Å². The van der Waals surface area contributed by atoms with Crippen LogP contribution in [0.15, 0.2) is 207 Å². The van der Waals surface area contributed by atoms with E-state index in [4.69, 9.17) is 9.47 Å². The number of benzene rings is 8. The van der Waals surface area contributed by atoms with E-state index in [9.17, 15) is 9.59 Å². The zero-order valence-corrected chi connectivity index (χ0v) is 42.1. The van der Waals surface area contributed by atoms with Crippen LogP contribution in [-0.2, 0) is 16.2 Å². The minimum Gasteiger partial charge on any atom is -0.481 e. The Morgan fingerprint density at radius 1 is 0.427 bits per heavy atom. The summed E-state index contributed by atoms with van der Waals surface area (Å²) in [4.78, 5) is 37.6. The van der Waals surface area contributed by atoms with Crippen LogP contribution in [0.25, 0.3) is 21.5 Å². The Labute approximate surface area is 437 Å². The van der Waals surface area contributed by atoms with Crippen LogP contribution >= 0.6 is 0 Å². The Kier molecular flexibility index (Phi) is 11.6. The van der Waals surface area contributed by atoms with Gasteiger partial charge in [0.2, 0.25) is 0 Å². The predicted octanol–water partition coefficient (Wildman–Crippen LogP) is 13.8. The molecular weight excluding hydrogens is 921 g/mol. The maximum Gasteiger partial charge on any atom is 0.195 e. The second-order valence-electron chi connectivity index (χ2n) is 19.8. The second kappa shape index (κ2) is 18.6. The fourth-order valence-electron chi connectivity index (χ4n) is 11.9. The molecule has 0 aliphatic heterocycles. The molecule has 10 aromatic rings. The van der Waals surface area contributed by atoms with Crippen molar-refractivity contribution < 1.29 is 19.1 Å². The largest absolute Gasteiger partial charge is 0.481 e. The van der Waals surface area contributed by atoms with Crippen LogP contribution in [0.5, 0.6) is 11.5 Å². The van der Waals surface area contributed by atoms with Gasteiger partial charge in [0.25, 0.3) is 0 Å². The molecule has 0 fully saturated rings. The molecule has 0 N–H and O–H groups in total. The highest BCUT2D eigenvalue weighted by Crippen LogP contribution is 2.53. The van der Waals surface area contributed by atoms with Crippen molar-refractivity contribution >= 4 is 33.1 Å². The number of hydrogen-bond donors (Lipinski definition) is 0. The van der Waals surface area contributed by atoms with Gasteiger partial charge in [0.05, 0.1) is 10.8 Å². The van der Waals surface area contributed by atoms with Crippen LogP contribution < -0.4 is 9.47 Å². The fourth-order valence-corrected chi connectivity index (χ4v) is 11.9. The van der Waals surface area contributed by atoms with Crippen molar-refractivity contribution in [3.63, 3.8) is 0 Å². The van der Waals surface area contributed by atoms with E-state index in [-0.39, 0.29) is 11.6 Å². The highest BCUT2D eigenvalue weighted by Gasteiger charge is 2.48. The van der Waals surface area contributed by atoms with Crippen LogP contribution in [0.3, 0.4) is 0 Å². The predicted molar refractivity (Wildman–Crippen MR) is 297 cm³/mol. The molecule has 0 amide bonds. The van der Waals surface area contributed by atoms with Crippen LogP contribution in [0.1, 0.15) is 115 Å². The maximum absolute atomic E-state index is 14.3. The number of rotatable bonds is 10. The van der Waals surface area contributed by atoms with Gasteiger partial charge in [0.1, 0.15) is 24.7 Å². The summed E-state index contributed by atoms with van der Waals surface area (Å²) in [6.07, 6.45) is 7.01. The number of pyridine rings is 2. The molecule has 360 valence electrons. The first-order chi connectivity index (χ1) is 36.7. The first-order valence-corrected chi connectivity index (χ1v) is 25.2. The number of hydrogen-bond acceptors (Lipinski definition) is 6. The minimum atomic E-state index is -0.854. The first-order valence-electron chi connectivity index (χ1n) is 25.2. The molecule has 75 heavy (non-hydrogen) atoms. The fraction of sp³-hybridized carbons (Fsp3) is 0.130. The van der Waals surface area contributed by atoms with Crippen molar-refractivity contribution in [3.8, 4) is 35.2 Å². The minimum absolute atomic E-state index is 0.0351. The smallest absolute Gasteiger partial charge is 0.195 e. The molecule has 2 aliphatic rings. The van der Waals surface area contributed by atoms with Crippen molar-refractivity contribution in [1.82, 2.24) is 9.97 Å². The van der Waals surface area contributed by atoms with Gasteiger partial charge in [-0.1, -0.05) is 159 Å². The average Bonchev–Trinajstić information content (AvgIpc) is 3.46. The Morgan fingerprint density at radius 2 is 0.800 bits per heavy atom. The van der Waals surface area contributed by atoms with E-state index < -0.39 is 16.2 Å². The molecular formula is C69H50N2O4. The molecule has 2 heterocycles. The molecule has 2 unspecified atom stereocenters.